The summed E-state index contributed by atoms with van der Waals surface area (Å²) in [6, 6.07) is 4.20. The van der Waals surface area contributed by atoms with E-state index in [1.807, 2.05) is 20.9 Å². The van der Waals surface area contributed by atoms with Crippen LogP contribution in [0.15, 0.2) is 22.5 Å². The van der Waals surface area contributed by atoms with Gasteiger partial charge < -0.3 is 15.5 Å². The maximum Gasteiger partial charge on any atom is 0.241 e. The second-order valence-electron chi connectivity index (χ2n) is 4.37. The molecule has 0 saturated carbocycles. The van der Waals surface area contributed by atoms with Crippen molar-refractivity contribution in [3.8, 4) is 0 Å². The van der Waals surface area contributed by atoms with Gasteiger partial charge >= 0.3 is 0 Å². The average Bonchev–Trinajstić information content (AvgIpc) is 2.94. The van der Waals surface area contributed by atoms with Gasteiger partial charge in [-0.2, -0.15) is 0 Å². The number of hydrogen-bond acceptors (Lipinski definition) is 3. The van der Waals surface area contributed by atoms with Gasteiger partial charge in [0.2, 0.25) is 5.91 Å². The van der Waals surface area contributed by atoms with E-state index in [9.17, 15) is 4.79 Å². The van der Waals surface area contributed by atoms with E-state index in [1.165, 1.54) is 4.88 Å². The largest absolute Gasteiger partial charge is 0.357 e. The summed E-state index contributed by atoms with van der Waals surface area (Å²) >= 11 is 1.76. The molecular weight excluding hydrogens is 272 g/mol. The number of carbonyl (C=O) groups excluding carboxylic acids is 1. The van der Waals surface area contributed by atoms with Crippen LogP contribution in [0.4, 0.5) is 0 Å². The molecule has 0 aliphatic carbocycles. The molecule has 0 spiro atoms. The Morgan fingerprint density at radius 2 is 2.10 bits per heavy atom. The minimum atomic E-state index is -0.0467. The Kier molecular flexibility index (Phi) is 7.72. The Morgan fingerprint density at radius 3 is 2.70 bits per heavy atom. The number of amides is 1. The van der Waals surface area contributed by atoms with Crippen molar-refractivity contribution in [3.05, 3.63) is 22.4 Å². The summed E-state index contributed by atoms with van der Waals surface area (Å²) in [5, 5.41) is 8.04. The van der Waals surface area contributed by atoms with Crippen LogP contribution in [0.2, 0.25) is 0 Å². The molecule has 0 aliphatic heterocycles. The number of thiophene rings is 1. The Hall–Kier alpha value is -1.56. The van der Waals surface area contributed by atoms with Crippen molar-refractivity contribution in [1.29, 1.82) is 0 Å². The smallest absolute Gasteiger partial charge is 0.241 e. The molecule has 1 heterocycles. The van der Waals surface area contributed by atoms with Crippen LogP contribution in [-0.2, 0) is 11.2 Å². The topological polar surface area (TPSA) is 56.7 Å². The molecule has 0 bridgehead atoms. The minimum absolute atomic E-state index is 0.0467. The molecule has 5 nitrogen and oxygen atoms in total. The normalized spacial score (nSPS) is 11.2. The monoisotopic (exact) mass is 296 g/mol. The molecule has 0 atom stereocenters. The quantitative estimate of drug-likeness (QED) is 0.589. The molecule has 0 fully saturated rings. The lowest BCUT2D eigenvalue weighted by atomic mass is 10.3. The molecule has 0 radical (unpaired) electrons. The summed E-state index contributed by atoms with van der Waals surface area (Å²) in [5.41, 5.74) is 0. The first-order chi connectivity index (χ1) is 9.67. The van der Waals surface area contributed by atoms with Crippen molar-refractivity contribution in [1.82, 2.24) is 15.5 Å². The van der Waals surface area contributed by atoms with E-state index in [2.05, 4.69) is 38.0 Å². The van der Waals surface area contributed by atoms with Gasteiger partial charge in [-0.05, 0) is 31.7 Å². The zero-order valence-corrected chi connectivity index (χ0v) is 13.3. The van der Waals surface area contributed by atoms with Gasteiger partial charge in [-0.25, -0.2) is 4.99 Å². The Labute approximate surface area is 125 Å². The highest BCUT2D eigenvalue weighted by molar-refractivity contribution is 7.09. The number of rotatable bonds is 7. The molecule has 20 heavy (non-hydrogen) atoms. The molecule has 1 rings (SSSR count). The highest BCUT2D eigenvalue weighted by atomic mass is 32.1. The van der Waals surface area contributed by atoms with E-state index in [4.69, 9.17) is 0 Å². The fourth-order valence-corrected chi connectivity index (χ4v) is 2.41. The van der Waals surface area contributed by atoms with Crippen molar-refractivity contribution < 1.29 is 4.79 Å². The minimum Gasteiger partial charge on any atom is -0.357 e. The van der Waals surface area contributed by atoms with Crippen LogP contribution in [0, 0.1) is 0 Å². The van der Waals surface area contributed by atoms with E-state index < -0.39 is 0 Å². The van der Waals surface area contributed by atoms with Gasteiger partial charge in [0.1, 0.15) is 6.54 Å². The van der Waals surface area contributed by atoms with Gasteiger partial charge in [0.25, 0.3) is 0 Å². The van der Waals surface area contributed by atoms with Gasteiger partial charge in [0.05, 0.1) is 0 Å². The molecule has 1 amide bonds. The third-order valence-electron chi connectivity index (χ3n) is 2.72. The standard InChI is InChI=1S/C14H24N4OS/c1-4-15-13(19)11-17-14(16-5-2)18(3)9-8-12-7-6-10-20-12/h6-7,10H,4-5,8-9,11H2,1-3H3,(H,15,19)(H,16,17). The Bertz CT molecular complexity index is 417. The average molecular weight is 296 g/mol. The van der Waals surface area contributed by atoms with Crippen LogP contribution in [0.1, 0.15) is 18.7 Å². The molecular formula is C14H24N4OS. The van der Waals surface area contributed by atoms with Crippen molar-refractivity contribution in [2.45, 2.75) is 20.3 Å². The first kappa shape index (κ1) is 16.5. The summed E-state index contributed by atoms with van der Waals surface area (Å²) < 4.78 is 0. The first-order valence-corrected chi connectivity index (χ1v) is 7.83. The summed E-state index contributed by atoms with van der Waals surface area (Å²) in [6.07, 6.45) is 0.986. The number of carbonyl (C=O) groups is 1. The summed E-state index contributed by atoms with van der Waals surface area (Å²) in [7, 11) is 1.99. The van der Waals surface area contributed by atoms with E-state index in [-0.39, 0.29) is 12.5 Å². The van der Waals surface area contributed by atoms with Crippen molar-refractivity contribution in [2.75, 3.05) is 33.2 Å². The SMILES string of the molecule is CCNC(=O)CN=C(NCC)N(C)CCc1cccs1. The summed E-state index contributed by atoms with van der Waals surface area (Å²) in [6.45, 7) is 6.40. The molecule has 0 saturated heterocycles. The van der Waals surface area contributed by atoms with E-state index in [0.717, 1.165) is 25.5 Å². The van der Waals surface area contributed by atoms with Gasteiger partial charge in [-0.3, -0.25) is 4.79 Å². The van der Waals surface area contributed by atoms with E-state index >= 15 is 0 Å². The fourth-order valence-electron chi connectivity index (χ4n) is 1.71. The van der Waals surface area contributed by atoms with Gasteiger partial charge in [0.15, 0.2) is 5.96 Å². The lowest BCUT2D eigenvalue weighted by Gasteiger charge is -2.21. The van der Waals surface area contributed by atoms with Crippen LogP contribution < -0.4 is 10.6 Å². The molecule has 0 aromatic carbocycles. The zero-order chi connectivity index (χ0) is 14.8. The highest BCUT2D eigenvalue weighted by Crippen LogP contribution is 2.09. The predicted molar refractivity (Wildman–Crippen MR) is 85.3 cm³/mol. The third kappa shape index (κ3) is 6.06. The second-order valence-corrected chi connectivity index (χ2v) is 5.41. The van der Waals surface area contributed by atoms with Crippen molar-refractivity contribution in [2.24, 2.45) is 4.99 Å². The molecule has 1 aromatic heterocycles. The summed E-state index contributed by atoms with van der Waals surface area (Å²) in [4.78, 5) is 19.2. The van der Waals surface area contributed by atoms with Crippen molar-refractivity contribution >= 4 is 23.2 Å². The molecule has 1 aromatic rings. The third-order valence-corrected chi connectivity index (χ3v) is 3.65. The van der Waals surface area contributed by atoms with Crippen LogP contribution in [-0.4, -0.2) is 50.0 Å². The summed E-state index contributed by atoms with van der Waals surface area (Å²) in [5.74, 6) is 0.727. The van der Waals surface area contributed by atoms with Gasteiger partial charge in [-0.1, -0.05) is 6.07 Å². The number of aliphatic imine (C=N–C) groups is 1. The number of nitrogens with zero attached hydrogens (tertiary/aromatic N) is 2. The number of nitrogens with one attached hydrogen (secondary N) is 2. The van der Waals surface area contributed by atoms with Crippen molar-refractivity contribution in [3.63, 3.8) is 0 Å². The zero-order valence-electron chi connectivity index (χ0n) is 12.5. The first-order valence-electron chi connectivity index (χ1n) is 6.95. The Morgan fingerprint density at radius 1 is 1.35 bits per heavy atom. The molecule has 2 N–H and O–H groups in total. The molecule has 6 heteroatoms. The highest BCUT2D eigenvalue weighted by Gasteiger charge is 2.07. The van der Waals surface area contributed by atoms with Gasteiger partial charge in [-0.15, -0.1) is 11.3 Å². The Balaban J connectivity index is 2.50. The van der Waals surface area contributed by atoms with Crippen LogP contribution in [0.5, 0.6) is 0 Å². The lowest BCUT2D eigenvalue weighted by Crippen LogP contribution is -2.40. The number of hydrogen-bond donors (Lipinski definition) is 2. The van der Waals surface area contributed by atoms with E-state index in [0.29, 0.717) is 6.54 Å². The van der Waals surface area contributed by atoms with Gasteiger partial charge in [0, 0.05) is 31.6 Å². The maximum atomic E-state index is 11.5. The molecule has 112 valence electrons. The number of guanidine groups is 1. The van der Waals surface area contributed by atoms with E-state index in [1.54, 1.807) is 11.3 Å². The lowest BCUT2D eigenvalue weighted by molar-refractivity contribution is -0.119. The molecule has 0 aliphatic rings. The van der Waals surface area contributed by atoms with Crippen LogP contribution in [0.3, 0.4) is 0 Å². The maximum absolute atomic E-state index is 11.5. The fraction of sp³-hybridized carbons (Fsp3) is 0.571. The number of likely N-dealkylation sites (N-methyl/N-ethyl adjacent to an activating group) is 2. The van der Waals surface area contributed by atoms with Crippen LogP contribution in [0.25, 0.3) is 0 Å². The molecule has 0 unspecified atom stereocenters. The second kappa shape index (κ2) is 9.36. The van der Waals surface area contributed by atoms with Crippen LogP contribution >= 0.6 is 11.3 Å². The predicted octanol–water partition coefficient (Wildman–Crippen LogP) is 1.32.